The molecule has 142 valence electrons. The number of methoxy groups -OCH3 is 1. The number of hydrogen-bond donors (Lipinski definition) is 3. The van der Waals surface area contributed by atoms with Gasteiger partial charge in [0.25, 0.3) is 5.91 Å². The van der Waals surface area contributed by atoms with Gasteiger partial charge < -0.3 is 19.2 Å². The molecular formula is C19H21N3O4S. The fraction of sp³-hybridized carbons (Fsp3) is 0.263. The topological polar surface area (TPSA) is 84.8 Å². The monoisotopic (exact) mass is 387 g/mol. The number of fused-ring (bicyclic) bond motifs is 3. The van der Waals surface area contributed by atoms with Gasteiger partial charge in [0.15, 0.2) is 11.7 Å². The van der Waals surface area contributed by atoms with Crippen molar-refractivity contribution < 1.29 is 18.7 Å². The maximum Gasteiger partial charge on any atom is 0.276 e. The highest BCUT2D eigenvalue weighted by atomic mass is 32.1. The van der Waals surface area contributed by atoms with Gasteiger partial charge in [-0.15, -0.1) is 0 Å². The number of amides is 1. The Hall–Kier alpha value is -2.84. The first-order valence-corrected chi connectivity index (χ1v) is 8.86. The zero-order chi connectivity index (χ0) is 19.2. The molecule has 0 spiro atoms. The molecule has 0 radical (unpaired) electrons. The van der Waals surface area contributed by atoms with Crippen LogP contribution in [0, 0.1) is 0 Å². The average molecular weight is 387 g/mol. The van der Waals surface area contributed by atoms with E-state index in [9.17, 15) is 4.79 Å². The highest BCUT2D eigenvalue weighted by molar-refractivity contribution is 7.80. The number of thiocarbonyl (C=S) groups is 1. The largest absolute Gasteiger partial charge is 0.484 e. The standard InChI is InChI=1S/C19H21N3O4S/c1-12(10-24-2)20-19(27)22-21-18(23)11-25-13-7-8-17-15(9-13)14-5-3-4-6-16(14)26-17/h3-9,12H,10-11H2,1-2H3,(H,21,23)(H2,20,22,27)/t12-/m0/s1. The lowest BCUT2D eigenvalue weighted by atomic mass is 10.1. The summed E-state index contributed by atoms with van der Waals surface area (Å²) in [5.74, 6) is 0.231. The van der Waals surface area contributed by atoms with Crippen molar-refractivity contribution in [2.45, 2.75) is 13.0 Å². The Labute approximate surface area is 162 Å². The fourth-order valence-electron chi connectivity index (χ4n) is 2.66. The van der Waals surface area contributed by atoms with Crippen LogP contribution in [0.5, 0.6) is 5.75 Å². The van der Waals surface area contributed by atoms with Gasteiger partial charge in [-0.2, -0.15) is 0 Å². The highest BCUT2D eigenvalue weighted by Gasteiger charge is 2.09. The molecule has 0 aliphatic heterocycles. The van der Waals surface area contributed by atoms with E-state index in [-0.39, 0.29) is 18.6 Å². The number of nitrogens with one attached hydrogen (secondary N) is 3. The molecule has 0 fully saturated rings. The predicted molar refractivity (Wildman–Crippen MR) is 108 cm³/mol. The number of hydrazine groups is 1. The van der Waals surface area contributed by atoms with E-state index in [0.29, 0.717) is 17.5 Å². The third-order valence-electron chi connectivity index (χ3n) is 3.83. The molecule has 1 atom stereocenters. The van der Waals surface area contributed by atoms with Crippen molar-refractivity contribution in [3.8, 4) is 5.75 Å². The molecule has 27 heavy (non-hydrogen) atoms. The molecule has 3 aromatic rings. The summed E-state index contributed by atoms with van der Waals surface area (Å²) in [4.78, 5) is 11.9. The fourth-order valence-corrected chi connectivity index (χ4v) is 2.91. The Bertz CT molecular complexity index is 956. The van der Waals surface area contributed by atoms with E-state index < -0.39 is 0 Å². The summed E-state index contributed by atoms with van der Waals surface area (Å²) in [6.45, 7) is 2.27. The molecule has 3 N–H and O–H groups in total. The summed E-state index contributed by atoms with van der Waals surface area (Å²) in [5, 5.41) is 5.23. The van der Waals surface area contributed by atoms with Gasteiger partial charge in [-0.05, 0) is 43.4 Å². The van der Waals surface area contributed by atoms with Crippen molar-refractivity contribution in [1.29, 1.82) is 0 Å². The van der Waals surface area contributed by atoms with Crippen molar-refractivity contribution >= 4 is 45.2 Å². The Morgan fingerprint density at radius 3 is 2.74 bits per heavy atom. The Balaban J connectivity index is 1.53. The SMILES string of the molecule is COC[C@H](C)NC(=S)NNC(=O)COc1ccc2oc3ccccc3c2c1. The molecule has 0 saturated carbocycles. The van der Waals surface area contributed by atoms with E-state index in [4.69, 9.17) is 26.1 Å². The number of carbonyl (C=O) groups is 1. The second kappa shape index (κ2) is 8.70. The molecule has 3 rings (SSSR count). The normalized spacial score (nSPS) is 11.9. The molecule has 1 amide bonds. The molecule has 0 bridgehead atoms. The van der Waals surface area contributed by atoms with Crippen molar-refractivity contribution in [2.24, 2.45) is 0 Å². The Kier molecular flexibility index (Phi) is 6.10. The van der Waals surface area contributed by atoms with E-state index in [1.165, 1.54) is 0 Å². The van der Waals surface area contributed by atoms with Gasteiger partial charge in [0.1, 0.15) is 16.9 Å². The number of benzene rings is 2. The van der Waals surface area contributed by atoms with E-state index in [1.54, 1.807) is 13.2 Å². The summed E-state index contributed by atoms with van der Waals surface area (Å²) in [7, 11) is 1.61. The van der Waals surface area contributed by atoms with Crippen molar-refractivity contribution in [3.63, 3.8) is 0 Å². The first-order valence-electron chi connectivity index (χ1n) is 8.45. The number of carbonyl (C=O) groups excluding carboxylic acids is 1. The van der Waals surface area contributed by atoms with Crippen LogP contribution in [0.1, 0.15) is 6.92 Å². The molecular weight excluding hydrogens is 366 g/mol. The van der Waals surface area contributed by atoms with Crippen LogP contribution in [0.2, 0.25) is 0 Å². The number of furan rings is 1. The maximum absolute atomic E-state index is 11.9. The lowest BCUT2D eigenvalue weighted by Crippen LogP contribution is -2.50. The van der Waals surface area contributed by atoms with Crippen molar-refractivity contribution in [1.82, 2.24) is 16.2 Å². The molecule has 2 aromatic carbocycles. The summed E-state index contributed by atoms with van der Waals surface area (Å²) in [5.41, 5.74) is 6.70. The van der Waals surface area contributed by atoms with Gasteiger partial charge in [0.05, 0.1) is 6.61 Å². The molecule has 0 unspecified atom stereocenters. The third-order valence-corrected chi connectivity index (χ3v) is 4.05. The van der Waals surface area contributed by atoms with Crippen LogP contribution in [0.4, 0.5) is 0 Å². The zero-order valence-electron chi connectivity index (χ0n) is 15.1. The van der Waals surface area contributed by atoms with Crippen LogP contribution in [0.3, 0.4) is 0 Å². The number of hydrogen-bond acceptors (Lipinski definition) is 5. The molecule has 1 aromatic heterocycles. The number of rotatable bonds is 6. The van der Waals surface area contributed by atoms with Crippen molar-refractivity contribution in [2.75, 3.05) is 20.3 Å². The van der Waals surface area contributed by atoms with Gasteiger partial charge in [0, 0.05) is 23.9 Å². The van der Waals surface area contributed by atoms with Crippen molar-refractivity contribution in [3.05, 3.63) is 42.5 Å². The third kappa shape index (κ3) is 4.87. The zero-order valence-corrected chi connectivity index (χ0v) is 15.9. The van der Waals surface area contributed by atoms with Gasteiger partial charge in [-0.25, -0.2) is 0 Å². The van der Waals surface area contributed by atoms with Crippen LogP contribution in [0.15, 0.2) is 46.9 Å². The quantitative estimate of drug-likeness (QED) is 0.443. The van der Waals surface area contributed by atoms with Crippen LogP contribution in [-0.2, 0) is 9.53 Å². The molecule has 0 aliphatic rings. The summed E-state index contributed by atoms with van der Waals surface area (Å²) < 4.78 is 16.3. The highest BCUT2D eigenvalue weighted by Crippen LogP contribution is 2.31. The first kappa shape index (κ1) is 18.9. The first-order chi connectivity index (χ1) is 13.1. The van der Waals surface area contributed by atoms with Gasteiger partial charge in [-0.3, -0.25) is 15.6 Å². The second-order valence-electron chi connectivity index (χ2n) is 6.05. The van der Waals surface area contributed by atoms with E-state index in [0.717, 1.165) is 21.9 Å². The summed E-state index contributed by atoms with van der Waals surface area (Å²) in [6.07, 6.45) is 0. The Morgan fingerprint density at radius 2 is 1.93 bits per heavy atom. The van der Waals surface area contributed by atoms with E-state index in [2.05, 4.69) is 16.2 Å². The summed E-state index contributed by atoms with van der Waals surface area (Å²) >= 11 is 5.08. The number of para-hydroxylation sites is 1. The molecule has 1 heterocycles. The van der Waals surface area contributed by atoms with Gasteiger partial charge >= 0.3 is 0 Å². The van der Waals surface area contributed by atoms with Gasteiger partial charge in [0.2, 0.25) is 0 Å². The van der Waals surface area contributed by atoms with Gasteiger partial charge in [-0.1, -0.05) is 18.2 Å². The molecule has 0 aliphatic carbocycles. The smallest absolute Gasteiger partial charge is 0.276 e. The molecule has 0 saturated heterocycles. The lowest BCUT2D eigenvalue weighted by Gasteiger charge is -2.16. The van der Waals surface area contributed by atoms with Crippen LogP contribution in [0.25, 0.3) is 21.9 Å². The van der Waals surface area contributed by atoms with Crippen LogP contribution in [-0.4, -0.2) is 37.4 Å². The average Bonchev–Trinajstić information content (AvgIpc) is 3.03. The minimum Gasteiger partial charge on any atom is -0.484 e. The minimum atomic E-state index is -0.351. The Morgan fingerprint density at radius 1 is 1.15 bits per heavy atom. The summed E-state index contributed by atoms with van der Waals surface area (Å²) in [6, 6.07) is 13.3. The molecule has 7 nitrogen and oxygen atoms in total. The van der Waals surface area contributed by atoms with E-state index >= 15 is 0 Å². The predicted octanol–water partition coefficient (Wildman–Crippen LogP) is 2.50. The number of ether oxygens (including phenoxy) is 2. The van der Waals surface area contributed by atoms with E-state index in [1.807, 2.05) is 43.3 Å². The lowest BCUT2D eigenvalue weighted by molar-refractivity contribution is -0.123. The second-order valence-corrected chi connectivity index (χ2v) is 6.46. The maximum atomic E-state index is 11.9. The molecule has 8 heteroatoms. The minimum absolute atomic E-state index is 0.0275. The van der Waals surface area contributed by atoms with Crippen LogP contribution >= 0.6 is 12.2 Å². The van der Waals surface area contributed by atoms with Crippen LogP contribution < -0.4 is 20.9 Å².